The minimum Gasteiger partial charge on any atom is -0.494 e. The van der Waals surface area contributed by atoms with Crippen LogP contribution < -0.4 is 10.1 Å². The number of hydrogen-bond acceptors (Lipinski definition) is 3. The summed E-state index contributed by atoms with van der Waals surface area (Å²) in [7, 11) is 1.96. The molecule has 1 amide bonds. The van der Waals surface area contributed by atoms with Crippen LogP contribution in [0, 0.1) is 0 Å². The Bertz CT molecular complexity index is 657. The van der Waals surface area contributed by atoms with Gasteiger partial charge in [-0.3, -0.25) is 9.48 Å². The molecule has 1 aromatic heterocycles. The molecule has 3 rings (SSSR count). The van der Waals surface area contributed by atoms with Crippen LogP contribution >= 0.6 is 0 Å². The zero-order valence-electron chi connectivity index (χ0n) is 13.0. The average Bonchev–Trinajstić information content (AvgIpc) is 3.29. The molecular weight excluding hydrogens is 278 g/mol. The van der Waals surface area contributed by atoms with Crippen molar-refractivity contribution in [2.75, 3.05) is 6.61 Å². The van der Waals surface area contributed by atoms with Crippen molar-refractivity contribution < 1.29 is 9.53 Å². The van der Waals surface area contributed by atoms with Gasteiger partial charge in [-0.2, -0.15) is 5.10 Å². The van der Waals surface area contributed by atoms with Gasteiger partial charge in [0.15, 0.2) is 0 Å². The summed E-state index contributed by atoms with van der Waals surface area (Å²) in [5.41, 5.74) is 2.80. The molecule has 1 saturated carbocycles. The number of aromatic nitrogens is 2. The molecule has 116 valence electrons. The maximum Gasteiger partial charge on any atom is 0.251 e. The zero-order chi connectivity index (χ0) is 15.5. The molecular formula is C17H21N3O2. The lowest BCUT2D eigenvalue weighted by Crippen LogP contribution is -2.23. The Hall–Kier alpha value is -2.30. The fourth-order valence-corrected chi connectivity index (χ4v) is 2.53. The van der Waals surface area contributed by atoms with Crippen molar-refractivity contribution in [1.82, 2.24) is 15.1 Å². The smallest absolute Gasteiger partial charge is 0.251 e. The molecule has 0 radical (unpaired) electrons. The summed E-state index contributed by atoms with van der Waals surface area (Å²) in [6.45, 7) is 3.00. The van der Waals surface area contributed by atoms with E-state index in [9.17, 15) is 4.79 Å². The first-order chi connectivity index (χ1) is 10.7. The highest BCUT2D eigenvalue weighted by Crippen LogP contribution is 2.39. The highest BCUT2D eigenvalue weighted by atomic mass is 16.5. The van der Waals surface area contributed by atoms with Crippen LogP contribution in [-0.2, 0) is 13.6 Å². The SMILES string of the molecule is CCOc1ccc(C(=O)NCc2cc(C3CC3)n(C)n2)cc1. The summed E-state index contributed by atoms with van der Waals surface area (Å²) in [6, 6.07) is 9.26. The number of carbonyl (C=O) groups excluding carboxylic acids is 1. The van der Waals surface area contributed by atoms with Gasteiger partial charge in [0.2, 0.25) is 0 Å². The van der Waals surface area contributed by atoms with Gasteiger partial charge < -0.3 is 10.1 Å². The molecule has 1 aromatic carbocycles. The number of amides is 1. The second-order valence-corrected chi connectivity index (χ2v) is 5.60. The molecule has 0 aliphatic heterocycles. The van der Waals surface area contributed by atoms with Gasteiger partial charge in [0.25, 0.3) is 5.91 Å². The van der Waals surface area contributed by atoms with Gasteiger partial charge in [-0.1, -0.05) is 0 Å². The summed E-state index contributed by atoms with van der Waals surface area (Å²) in [5, 5.41) is 7.37. The molecule has 0 spiro atoms. The Kier molecular flexibility index (Phi) is 4.13. The summed E-state index contributed by atoms with van der Waals surface area (Å²) < 4.78 is 7.30. The maximum absolute atomic E-state index is 12.1. The number of carbonyl (C=O) groups is 1. The third-order valence-corrected chi connectivity index (χ3v) is 3.82. The molecule has 0 saturated heterocycles. The zero-order valence-corrected chi connectivity index (χ0v) is 13.0. The topological polar surface area (TPSA) is 56.1 Å². The molecule has 0 unspecified atom stereocenters. The van der Waals surface area contributed by atoms with Crippen LogP contribution in [0.2, 0.25) is 0 Å². The van der Waals surface area contributed by atoms with Crippen molar-refractivity contribution in [3.63, 3.8) is 0 Å². The van der Waals surface area contributed by atoms with Gasteiger partial charge in [-0.25, -0.2) is 0 Å². The van der Waals surface area contributed by atoms with E-state index < -0.39 is 0 Å². The lowest BCUT2D eigenvalue weighted by atomic mass is 10.2. The molecule has 1 heterocycles. The molecule has 0 bridgehead atoms. The molecule has 2 aromatic rings. The molecule has 1 aliphatic carbocycles. The molecule has 1 fully saturated rings. The molecule has 5 heteroatoms. The van der Waals surface area contributed by atoms with E-state index in [4.69, 9.17) is 4.74 Å². The third-order valence-electron chi connectivity index (χ3n) is 3.82. The predicted octanol–water partition coefficient (Wildman–Crippen LogP) is 2.63. The number of aryl methyl sites for hydroxylation is 1. The van der Waals surface area contributed by atoms with Crippen LogP contribution in [0.5, 0.6) is 5.75 Å². The Balaban J connectivity index is 1.58. The van der Waals surface area contributed by atoms with E-state index in [1.54, 1.807) is 12.1 Å². The van der Waals surface area contributed by atoms with E-state index in [1.165, 1.54) is 18.5 Å². The highest BCUT2D eigenvalue weighted by molar-refractivity contribution is 5.94. The maximum atomic E-state index is 12.1. The van der Waals surface area contributed by atoms with Crippen LogP contribution in [0.25, 0.3) is 0 Å². The first-order valence-corrected chi connectivity index (χ1v) is 7.71. The lowest BCUT2D eigenvalue weighted by Gasteiger charge is -2.05. The molecule has 22 heavy (non-hydrogen) atoms. The number of rotatable bonds is 6. The number of nitrogens with one attached hydrogen (secondary N) is 1. The van der Waals surface area contributed by atoms with Crippen LogP contribution in [-0.4, -0.2) is 22.3 Å². The third kappa shape index (κ3) is 3.30. The van der Waals surface area contributed by atoms with E-state index in [2.05, 4.69) is 16.5 Å². The van der Waals surface area contributed by atoms with Crippen LogP contribution in [0.3, 0.4) is 0 Å². The second-order valence-electron chi connectivity index (χ2n) is 5.60. The van der Waals surface area contributed by atoms with Crippen molar-refractivity contribution in [3.8, 4) is 5.75 Å². The lowest BCUT2D eigenvalue weighted by molar-refractivity contribution is 0.0950. The van der Waals surface area contributed by atoms with Gasteiger partial charge in [0.05, 0.1) is 18.8 Å². The Morgan fingerprint density at radius 2 is 2.09 bits per heavy atom. The van der Waals surface area contributed by atoms with Crippen molar-refractivity contribution in [3.05, 3.63) is 47.3 Å². The van der Waals surface area contributed by atoms with Crippen molar-refractivity contribution in [2.45, 2.75) is 32.2 Å². The summed E-state index contributed by atoms with van der Waals surface area (Å²) >= 11 is 0. The van der Waals surface area contributed by atoms with Crippen molar-refractivity contribution >= 4 is 5.91 Å². The average molecular weight is 299 g/mol. The predicted molar refractivity (Wildman–Crippen MR) is 84.0 cm³/mol. The van der Waals surface area contributed by atoms with Crippen molar-refractivity contribution in [2.24, 2.45) is 7.05 Å². The number of benzene rings is 1. The monoisotopic (exact) mass is 299 g/mol. The largest absolute Gasteiger partial charge is 0.494 e. The minimum atomic E-state index is -0.0957. The fourth-order valence-electron chi connectivity index (χ4n) is 2.53. The van der Waals surface area contributed by atoms with E-state index in [1.807, 2.05) is 30.8 Å². The van der Waals surface area contributed by atoms with Gasteiger partial charge in [0.1, 0.15) is 5.75 Å². The molecule has 1 N–H and O–H groups in total. The van der Waals surface area contributed by atoms with Gasteiger partial charge in [-0.15, -0.1) is 0 Å². The Morgan fingerprint density at radius 1 is 1.36 bits per heavy atom. The molecule has 5 nitrogen and oxygen atoms in total. The first-order valence-electron chi connectivity index (χ1n) is 7.71. The van der Waals surface area contributed by atoms with E-state index >= 15 is 0 Å². The van der Waals surface area contributed by atoms with E-state index in [0.717, 1.165) is 11.4 Å². The Labute approximate surface area is 130 Å². The summed E-state index contributed by atoms with van der Waals surface area (Å²) in [4.78, 5) is 12.1. The summed E-state index contributed by atoms with van der Waals surface area (Å²) in [6.07, 6.45) is 2.50. The van der Waals surface area contributed by atoms with Gasteiger partial charge >= 0.3 is 0 Å². The molecule has 1 aliphatic rings. The quantitative estimate of drug-likeness (QED) is 0.892. The van der Waals surface area contributed by atoms with Gasteiger partial charge in [-0.05, 0) is 50.1 Å². The van der Waals surface area contributed by atoms with Gasteiger partial charge in [0, 0.05) is 24.2 Å². The number of hydrogen-bond donors (Lipinski definition) is 1. The highest BCUT2D eigenvalue weighted by Gasteiger charge is 2.27. The molecule has 0 atom stereocenters. The van der Waals surface area contributed by atoms with E-state index in [-0.39, 0.29) is 5.91 Å². The Morgan fingerprint density at radius 3 is 2.73 bits per heavy atom. The van der Waals surface area contributed by atoms with Crippen LogP contribution in [0.15, 0.2) is 30.3 Å². The standard InChI is InChI=1S/C17H21N3O2/c1-3-22-15-8-6-13(7-9-15)17(21)18-11-14-10-16(12-4-5-12)20(2)19-14/h6-10,12H,3-5,11H2,1-2H3,(H,18,21). The number of nitrogens with zero attached hydrogens (tertiary/aromatic N) is 2. The van der Waals surface area contributed by atoms with E-state index in [0.29, 0.717) is 24.6 Å². The summed E-state index contributed by atoms with van der Waals surface area (Å²) in [5.74, 6) is 1.34. The van der Waals surface area contributed by atoms with Crippen LogP contribution in [0.1, 0.15) is 47.4 Å². The normalized spacial score (nSPS) is 13.9. The van der Waals surface area contributed by atoms with Crippen LogP contribution in [0.4, 0.5) is 0 Å². The minimum absolute atomic E-state index is 0.0957. The second kappa shape index (κ2) is 6.22. The number of ether oxygens (including phenoxy) is 1. The fraction of sp³-hybridized carbons (Fsp3) is 0.412. The van der Waals surface area contributed by atoms with Crippen molar-refractivity contribution in [1.29, 1.82) is 0 Å². The first kappa shape index (κ1) is 14.6.